The summed E-state index contributed by atoms with van der Waals surface area (Å²) in [5.41, 5.74) is 1.55. The fraction of sp³-hybridized carbons (Fsp3) is 0.150. The molecule has 3 rings (SSSR count). The topological polar surface area (TPSA) is 95.0 Å². The molecule has 0 bridgehead atoms. The number of carboxylic acid groups (broad SMARTS) is 1. The summed E-state index contributed by atoms with van der Waals surface area (Å²) >= 11 is 1.30. The van der Waals surface area contributed by atoms with Crippen LogP contribution < -0.4 is 14.2 Å². The van der Waals surface area contributed by atoms with Crippen molar-refractivity contribution in [3.8, 4) is 27.8 Å². The van der Waals surface area contributed by atoms with Crippen LogP contribution >= 0.6 is 11.3 Å². The van der Waals surface area contributed by atoms with Crippen molar-refractivity contribution in [2.75, 3.05) is 21.3 Å². The molecule has 28 heavy (non-hydrogen) atoms. The van der Waals surface area contributed by atoms with Crippen LogP contribution in [0.2, 0.25) is 0 Å². The molecule has 0 unspecified atom stereocenters. The molecular formula is C20H17NO6S. The van der Waals surface area contributed by atoms with Gasteiger partial charge in [0.2, 0.25) is 11.5 Å². The lowest BCUT2D eigenvalue weighted by Gasteiger charge is -2.13. The molecule has 0 spiro atoms. The predicted octanol–water partition coefficient (Wildman–Crippen LogP) is 3.77. The second kappa shape index (κ2) is 8.10. The quantitative estimate of drug-likeness (QED) is 0.604. The Hall–Kier alpha value is -3.39. The first-order valence-electron chi connectivity index (χ1n) is 8.12. The Bertz CT molecular complexity index is 1000. The van der Waals surface area contributed by atoms with E-state index in [1.807, 2.05) is 0 Å². The van der Waals surface area contributed by atoms with Crippen LogP contribution in [0, 0.1) is 0 Å². The van der Waals surface area contributed by atoms with E-state index in [-0.39, 0.29) is 17.0 Å². The smallest absolute Gasteiger partial charge is 0.335 e. The van der Waals surface area contributed by atoms with E-state index in [4.69, 9.17) is 19.3 Å². The van der Waals surface area contributed by atoms with Crippen molar-refractivity contribution in [2.45, 2.75) is 0 Å². The Kier molecular flexibility index (Phi) is 5.60. The number of hydrogen-bond acceptors (Lipinski definition) is 7. The van der Waals surface area contributed by atoms with E-state index in [0.29, 0.717) is 27.8 Å². The number of benzene rings is 2. The zero-order chi connectivity index (χ0) is 20.3. The highest BCUT2D eigenvalue weighted by molar-refractivity contribution is 7.13. The lowest BCUT2D eigenvalue weighted by atomic mass is 10.1. The number of aromatic nitrogens is 1. The first-order chi connectivity index (χ1) is 13.5. The number of ether oxygens (including phenoxy) is 3. The number of thiazole rings is 1. The summed E-state index contributed by atoms with van der Waals surface area (Å²) in [5, 5.41) is 11.3. The number of nitrogens with zero attached hydrogens (tertiary/aromatic N) is 1. The van der Waals surface area contributed by atoms with E-state index in [9.17, 15) is 9.59 Å². The molecule has 1 heterocycles. The first-order valence-corrected chi connectivity index (χ1v) is 9.00. The highest BCUT2D eigenvalue weighted by Crippen LogP contribution is 2.39. The largest absolute Gasteiger partial charge is 0.493 e. The van der Waals surface area contributed by atoms with Crippen molar-refractivity contribution in [3.63, 3.8) is 0 Å². The Labute approximate surface area is 165 Å². The molecule has 0 aliphatic carbocycles. The molecular weight excluding hydrogens is 382 g/mol. The van der Waals surface area contributed by atoms with Gasteiger partial charge in [-0.2, -0.15) is 0 Å². The number of hydrogen-bond donors (Lipinski definition) is 1. The molecule has 1 N–H and O–H groups in total. The molecule has 0 amide bonds. The normalized spacial score (nSPS) is 10.4. The summed E-state index contributed by atoms with van der Waals surface area (Å²) in [6.45, 7) is 0. The van der Waals surface area contributed by atoms with Crippen LogP contribution in [0.3, 0.4) is 0 Å². The Morgan fingerprint density at radius 1 is 0.929 bits per heavy atom. The number of rotatable bonds is 7. The van der Waals surface area contributed by atoms with E-state index >= 15 is 0 Å². The fourth-order valence-corrected chi connectivity index (χ4v) is 3.43. The monoisotopic (exact) mass is 399 g/mol. The maximum absolute atomic E-state index is 12.9. The van der Waals surface area contributed by atoms with Gasteiger partial charge in [-0.15, -0.1) is 11.3 Å². The molecule has 0 atom stereocenters. The van der Waals surface area contributed by atoms with Crippen LogP contribution in [0.1, 0.15) is 26.4 Å². The van der Waals surface area contributed by atoms with Gasteiger partial charge in [0.15, 0.2) is 11.5 Å². The van der Waals surface area contributed by atoms with Crippen LogP contribution in [-0.4, -0.2) is 43.2 Å². The maximum atomic E-state index is 12.9. The summed E-state index contributed by atoms with van der Waals surface area (Å²) in [6.07, 6.45) is 0. The van der Waals surface area contributed by atoms with E-state index in [1.54, 1.807) is 29.6 Å². The van der Waals surface area contributed by atoms with E-state index in [0.717, 1.165) is 5.56 Å². The molecule has 0 fully saturated rings. The van der Waals surface area contributed by atoms with Crippen molar-refractivity contribution in [1.29, 1.82) is 0 Å². The zero-order valence-corrected chi connectivity index (χ0v) is 16.2. The van der Waals surface area contributed by atoms with Crippen molar-refractivity contribution in [1.82, 2.24) is 4.98 Å². The average Bonchev–Trinajstić information content (AvgIpc) is 3.22. The van der Waals surface area contributed by atoms with Gasteiger partial charge in [-0.3, -0.25) is 4.79 Å². The van der Waals surface area contributed by atoms with Crippen LogP contribution in [-0.2, 0) is 0 Å². The van der Waals surface area contributed by atoms with Gasteiger partial charge in [-0.05, 0) is 24.3 Å². The van der Waals surface area contributed by atoms with E-state index < -0.39 is 5.97 Å². The molecule has 0 radical (unpaired) electrons. The summed E-state index contributed by atoms with van der Waals surface area (Å²) in [4.78, 5) is 28.2. The van der Waals surface area contributed by atoms with Gasteiger partial charge in [0.05, 0.1) is 26.9 Å². The standard InChI is InChI=1S/C20H17NO6S/c1-25-15-8-13(9-16(26-2)18(15)27-3)17(22)14-10-28-19(21-14)11-4-6-12(7-5-11)20(23)24/h4-10H,1-3H3,(H,23,24). The number of carbonyl (C=O) groups is 2. The lowest BCUT2D eigenvalue weighted by Crippen LogP contribution is -2.04. The third kappa shape index (κ3) is 3.67. The van der Waals surface area contributed by atoms with E-state index in [2.05, 4.69) is 4.98 Å². The third-order valence-corrected chi connectivity index (χ3v) is 4.93. The fourth-order valence-electron chi connectivity index (χ4n) is 2.63. The molecule has 2 aromatic carbocycles. The van der Waals surface area contributed by atoms with Crippen molar-refractivity contribution >= 4 is 23.1 Å². The summed E-state index contributed by atoms with van der Waals surface area (Å²) in [5.74, 6) is -0.123. The van der Waals surface area contributed by atoms with Gasteiger partial charge in [0, 0.05) is 16.5 Å². The second-order valence-corrected chi connectivity index (χ2v) is 6.52. The number of carboxylic acids is 1. The number of methoxy groups -OCH3 is 3. The Morgan fingerprint density at radius 3 is 2.04 bits per heavy atom. The second-order valence-electron chi connectivity index (χ2n) is 5.66. The van der Waals surface area contributed by atoms with Gasteiger partial charge >= 0.3 is 5.97 Å². The molecule has 3 aromatic rings. The van der Waals surface area contributed by atoms with Crippen LogP contribution in [0.4, 0.5) is 0 Å². The number of aromatic carboxylic acids is 1. The lowest BCUT2D eigenvalue weighted by molar-refractivity contribution is 0.0696. The minimum Gasteiger partial charge on any atom is -0.493 e. The van der Waals surface area contributed by atoms with Crippen molar-refractivity contribution in [2.24, 2.45) is 0 Å². The van der Waals surface area contributed by atoms with Crippen LogP contribution in [0.15, 0.2) is 41.8 Å². The SMILES string of the molecule is COc1cc(C(=O)c2csc(-c3ccc(C(=O)O)cc3)n2)cc(OC)c1OC. The summed E-state index contributed by atoms with van der Waals surface area (Å²) in [7, 11) is 4.45. The summed E-state index contributed by atoms with van der Waals surface area (Å²) in [6, 6.07) is 9.47. The molecule has 8 heteroatoms. The van der Waals surface area contributed by atoms with Crippen molar-refractivity contribution in [3.05, 3.63) is 58.6 Å². The van der Waals surface area contributed by atoms with Crippen molar-refractivity contribution < 1.29 is 28.9 Å². The molecule has 0 aliphatic rings. The Morgan fingerprint density at radius 2 is 1.54 bits per heavy atom. The third-order valence-electron chi connectivity index (χ3n) is 4.04. The van der Waals surface area contributed by atoms with Crippen LogP contribution in [0.25, 0.3) is 10.6 Å². The molecule has 7 nitrogen and oxygen atoms in total. The predicted molar refractivity (Wildman–Crippen MR) is 104 cm³/mol. The van der Waals surface area contributed by atoms with Gasteiger partial charge in [-0.1, -0.05) is 12.1 Å². The molecule has 1 aromatic heterocycles. The van der Waals surface area contributed by atoms with Gasteiger partial charge in [-0.25, -0.2) is 9.78 Å². The average molecular weight is 399 g/mol. The van der Waals surface area contributed by atoms with E-state index in [1.165, 1.54) is 44.8 Å². The molecule has 0 aliphatic heterocycles. The summed E-state index contributed by atoms with van der Waals surface area (Å²) < 4.78 is 15.8. The van der Waals surface area contributed by atoms with Gasteiger partial charge in [0.25, 0.3) is 0 Å². The highest BCUT2D eigenvalue weighted by Gasteiger charge is 2.20. The zero-order valence-electron chi connectivity index (χ0n) is 15.4. The molecule has 144 valence electrons. The van der Waals surface area contributed by atoms with Gasteiger partial charge < -0.3 is 19.3 Å². The Balaban J connectivity index is 1.93. The molecule has 0 saturated carbocycles. The molecule has 0 saturated heterocycles. The van der Waals surface area contributed by atoms with Gasteiger partial charge in [0.1, 0.15) is 10.7 Å². The minimum absolute atomic E-state index is 0.189. The maximum Gasteiger partial charge on any atom is 0.335 e. The number of ketones is 1. The highest BCUT2D eigenvalue weighted by atomic mass is 32.1. The number of carbonyl (C=O) groups excluding carboxylic acids is 1. The van der Waals surface area contributed by atoms with Crippen LogP contribution in [0.5, 0.6) is 17.2 Å². The minimum atomic E-state index is -0.996. The first kappa shape index (κ1) is 19.4.